The zero-order chi connectivity index (χ0) is 20.0. The molecule has 28 heavy (non-hydrogen) atoms. The number of amides is 2. The highest BCUT2D eigenvalue weighted by molar-refractivity contribution is 6.18. The Bertz CT molecular complexity index is 945. The summed E-state index contributed by atoms with van der Waals surface area (Å²) in [5.74, 6) is 2.98. The molecular weight excluding hydrogens is 350 g/mol. The van der Waals surface area contributed by atoms with Crippen molar-refractivity contribution < 1.29 is 6.17 Å². The highest BCUT2D eigenvalue weighted by Gasteiger charge is 2.42. The van der Waals surface area contributed by atoms with E-state index in [9.17, 15) is 4.79 Å². The van der Waals surface area contributed by atoms with Crippen LogP contribution in [0.1, 0.15) is 63.4 Å². The van der Waals surface area contributed by atoms with E-state index in [4.69, 9.17) is 11.3 Å². The Morgan fingerprint density at radius 3 is 2.82 bits per heavy atom. The van der Waals surface area contributed by atoms with E-state index in [-0.39, 0.29) is 12.1 Å². The fourth-order valence-electron chi connectivity index (χ4n) is 4.68. The summed E-state index contributed by atoms with van der Waals surface area (Å²) in [6.07, 6.45) is 6.48. The van der Waals surface area contributed by atoms with Crippen LogP contribution < -0.4 is 4.90 Å². The van der Waals surface area contributed by atoms with Crippen molar-refractivity contribution in [1.82, 2.24) is 14.9 Å². The van der Waals surface area contributed by atoms with Gasteiger partial charge in [0.15, 0.2) is 11.7 Å². The number of anilines is 1. The number of aromatic amines is 1. The maximum absolute atomic E-state index is 13.2. The van der Waals surface area contributed by atoms with E-state index in [0.717, 1.165) is 41.6 Å². The van der Waals surface area contributed by atoms with E-state index in [1.54, 1.807) is 12.1 Å². The molecule has 1 aliphatic carbocycles. The number of urea groups is 1. The molecule has 0 saturated heterocycles. The first-order valence-corrected chi connectivity index (χ1v) is 10.5. The third kappa shape index (κ3) is 2.91. The first-order chi connectivity index (χ1) is 14.1. The van der Waals surface area contributed by atoms with Crippen LogP contribution in [0.25, 0.3) is 0 Å². The van der Waals surface area contributed by atoms with Gasteiger partial charge in [0.1, 0.15) is 11.5 Å². The second-order valence-corrected chi connectivity index (χ2v) is 8.07. The number of carbonyl (C=O) groups is 1. The normalized spacial score (nSPS) is 22.3. The van der Waals surface area contributed by atoms with Gasteiger partial charge in [-0.2, -0.15) is 0 Å². The minimum Gasteiger partial charge on any atom is -0.337 e. The topological polar surface area (TPSA) is 64.6 Å². The molecule has 1 N–H and O–H groups in total. The van der Waals surface area contributed by atoms with Crippen molar-refractivity contribution in [2.75, 3.05) is 18.0 Å². The van der Waals surface area contributed by atoms with Crippen LogP contribution in [0.2, 0.25) is 0 Å². The first-order valence-electron chi connectivity index (χ1n) is 11.0. The van der Waals surface area contributed by atoms with E-state index in [2.05, 4.69) is 11.9 Å². The monoisotopic (exact) mass is 379 g/mol. The van der Waals surface area contributed by atoms with Crippen molar-refractivity contribution in [2.45, 2.75) is 57.4 Å². The minimum absolute atomic E-state index is 0.00780. The first kappa shape index (κ1) is 16.3. The highest BCUT2D eigenvalue weighted by atomic mass is 16.2. The summed E-state index contributed by atoms with van der Waals surface area (Å²) >= 11 is 0. The van der Waals surface area contributed by atoms with Gasteiger partial charge in [-0.3, -0.25) is 14.8 Å². The zero-order valence-electron chi connectivity index (χ0n) is 17.3. The number of carbonyl (C=O) groups excluding carboxylic acids is 1. The standard InChI is InChI=1S/C22H27N5O/c1-2-12-26-21-18(24-19(25-21)16-10-6-7-11-16)20-23-17(14-27(20)22(26)28)13-15-8-4-3-5-9-15/h3-5,8-9,16-17H,2,6-7,10-14H2,1H3,(H,24,25)/t17-/m1/s1/i3T. The summed E-state index contributed by atoms with van der Waals surface area (Å²) in [6.45, 7) is 3.35. The van der Waals surface area contributed by atoms with Crippen LogP contribution in [-0.4, -0.2) is 45.9 Å². The largest absolute Gasteiger partial charge is 0.337 e. The van der Waals surface area contributed by atoms with Crippen molar-refractivity contribution in [2.24, 2.45) is 4.99 Å². The molecule has 1 aromatic carbocycles. The number of fused-ring (bicyclic) bond motifs is 3. The number of aromatic nitrogens is 2. The molecule has 0 spiro atoms. The van der Waals surface area contributed by atoms with Crippen molar-refractivity contribution in [3.63, 3.8) is 0 Å². The molecule has 1 atom stereocenters. The van der Waals surface area contributed by atoms with E-state index >= 15 is 0 Å². The maximum atomic E-state index is 13.2. The summed E-state index contributed by atoms with van der Waals surface area (Å²) < 4.78 is 7.65. The van der Waals surface area contributed by atoms with Gasteiger partial charge >= 0.3 is 6.03 Å². The molecule has 0 bridgehead atoms. The Morgan fingerprint density at radius 1 is 1.29 bits per heavy atom. The highest BCUT2D eigenvalue weighted by Crippen LogP contribution is 2.37. The lowest BCUT2D eigenvalue weighted by Crippen LogP contribution is -2.50. The summed E-state index contributed by atoms with van der Waals surface area (Å²) in [5.41, 5.74) is 2.05. The van der Waals surface area contributed by atoms with Gasteiger partial charge in [0.25, 0.3) is 0 Å². The number of H-pyrrole nitrogens is 1. The van der Waals surface area contributed by atoms with E-state index in [1.807, 2.05) is 21.9 Å². The summed E-state index contributed by atoms with van der Waals surface area (Å²) in [7, 11) is 0. The Labute approximate surface area is 167 Å². The SMILES string of the molecule is [3H]c1ccc(C[C@@H]2CN3C(=O)N(CCC)c4nc(C5CCCC5)[nH]c4C3=N2)cc1. The van der Waals surface area contributed by atoms with Crippen LogP contribution in [0.4, 0.5) is 10.6 Å². The van der Waals surface area contributed by atoms with Crippen LogP contribution in [0, 0.1) is 0 Å². The summed E-state index contributed by atoms with van der Waals surface area (Å²) in [6, 6.07) is 8.09. The molecule has 2 aliphatic heterocycles. The van der Waals surface area contributed by atoms with Crippen LogP contribution in [-0.2, 0) is 6.42 Å². The van der Waals surface area contributed by atoms with Crippen molar-refractivity contribution >= 4 is 17.7 Å². The lowest BCUT2D eigenvalue weighted by Gasteiger charge is -2.32. The van der Waals surface area contributed by atoms with E-state index in [1.165, 1.54) is 25.7 Å². The number of imidazole rings is 1. The van der Waals surface area contributed by atoms with Crippen molar-refractivity contribution in [3.05, 3.63) is 47.4 Å². The Morgan fingerprint density at radius 2 is 2.07 bits per heavy atom. The molecule has 3 aliphatic rings. The van der Waals surface area contributed by atoms with Crippen molar-refractivity contribution in [1.29, 1.82) is 0 Å². The molecule has 1 saturated carbocycles. The number of nitrogens with one attached hydrogen (secondary N) is 1. The molecule has 2 aromatic rings. The predicted octanol–water partition coefficient (Wildman–Crippen LogP) is 4.09. The van der Waals surface area contributed by atoms with Crippen molar-refractivity contribution in [3.8, 4) is 0 Å². The molecular formula is C22H27N5O. The molecule has 2 amide bonds. The van der Waals surface area contributed by atoms with E-state index < -0.39 is 0 Å². The van der Waals surface area contributed by atoms with Gasteiger partial charge in [-0.1, -0.05) is 50.1 Å². The second kappa shape index (κ2) is 7.08. The third-order valence-corrected chi connectivity index (χ3v) is 6.05. The lowest BCUT2D eigenvalue weighted by atomic mass is 10.1. The maximum Gasteiger partial charge on any atom is 0.331 e. The molecule has 5 rings (SSSR count). The average molecular weight is 380 g/mol. The Hall–Kier alpha value is -2.63. The fraction of sp³-hybridized carbons (Fsp3) is 0.500. The summed E-state index contributed by atoms with van der Waals surface area (Å²) in [4.78, 5) is 30.2. The van der Waals surface area contributed by atoms with Crippen LogP contribution in [0.3, 0.4) is 0 Å². The number of amidine groups is 1. The molecule has 3 heterocycles. The third-order valence-electron chi connectivity index (χ3n) is 6.05. The number of rotatable bonds is 5. The van der Waals surface area contributed by atoms with Gasteiger partial charge in [-0.25, -0.2) is 9.78 Å². The number of hydrogen-bond donors (Lipinski definition) is 1. The quantitative estimate of drug-likeness (QED) is 0.850. The minimum atomic E-state index is -0.00780. The van der Waals surface area contributed by atoms with Gasteiger partial charge in [0.2, 0.25) is 0 Å². The molecule has 0 unspecified atom stereocenters. The molecule has 6 heteroatoms. The number of hydrogen-bond acceptors (Lipinski definition) is 3. The van der Waals surface area contributed by atoms with Gasteiger partial charge < -0.3 is 4.98 Å². The molecule has 1 fully saturated rings. The molecule has 0 radical (unpaired) electrons. The van der Waals surface area contributed by atoms with Gasteiger partial charge in [0, 0.05) is 12.5 Å². The van der Waals surface area contributed by atoms with Gasteiger partial charge in [0.05, 0.1) is 14.0 Å². The lowest BCUT2D eigenvalue weighted by molar-refractivity contribution is 0.226. The van der Waals surface area contributed by atoms with Gasteiger partial charge in [-0.05, 0) is 31.2 Å². The molecule has 1 aromatic heterocycles. The number of benzene rings is 1. The molecule has 6 nitrogen and oxygen atoms in total. The van der Waals surface area contributed by atoms with Crippen LogP contribution >= 0.6 is 0 Å². The molecule has 146 valence electrons. The fourth-order valence-corrected chi connectivity index (χ4v) is 4.68. The number of aliphatic imine (C=N–C) groups is 1. The van der Waals surface area contributed by atoms with Crippen LogP contribution in [0.15, 0.2) is 35.3 Å². The summed E-state index contributed by atoms with van der Waals surface area (Å²) in [5, 5.41) is 0. The number of nitrogens with zero attached hydrogens (tertiary/aromatic N) is 4. The second-order valence-electron chi connectivity index (χ2n) is 8.07. The van der Waals surface area contributed by atoms with Gasteiger partial charge in [-0.15, -0.1) is 0 Å². The predicted molar refractivity (Wildman–Crippen MR) is 110 cm³/mol. The van der Waals surface area contributed by atoms with Crippen LogP contribution in [0.5, 0.6) is 0 Å². The Kier molecular flexibility index (Phi) is 4.13. The smallest absolute Gasteiger partial charge is 0.331 e. The average Bonchev–Trinajstić information content (AvgIpc) is 3.45. The Balaban J connectivity index is 1.47. The zero-order valence-corrected chi connectivity index (χ0v) is 16.3. The van der Waals surface area contributed by atoms with E-state index in [0.29, 0.717) is 25.0 Å².